The Bertz CT molecular complexity index is 1360. The fraction of sp³-hybridized carbons (Fsp3) is 0.364. The standard InChI is InChI=1S/C33H36N2O6/c1-3-33(31(37)38)18-11-19-35(33)30(36)29(22(2)40-20-23-12-5-4-6-13-23)34-32(39)41-21-28-26-16-9-7-14-24(26)25-15-8-10-17-27(25)28/h4-10,12-17,22,28-29H,3,11,18-21H2,1-2H3,(H,34,39)(H,37,38). The lowest BCUT2D eigenvalue weighted by atomic mass is 9.92. The van der Waals surface area contributed by atoms with Crippen molar-refractivity contribution < 1.29 is 29.0 Å². The van der Waals surface area contributed by atoms with Crippen molar-refractivity contribution in [2.45, 2.75) is 63.3 Å². The first kappa shape index (κ1) is 28.4. The summed E-state index contributed by atoms with van der Waals surface area (Å²) in [4.78, 5) is 40.8. The topological polar surface area (TPSA) is 105 Å². The van der Waals surface area contributed by atoms with Crippen molar-refractivity contribution in [2.24, 2.45) is 0 Å². The van der Waals surface area contributed by atoms with Crippen LogP contribution in [0.25, 0.3) is 11.1 Å². The highest BCUT2D eigenvalue weighted by molar-refractivity contribution is 5.92. The minimum absolute atomic E-state index is 0.0950. The Morgan fingerprint density at radius 3 is 2.20 bits per heavy atom. The van der Waals surface area contributed by atoms with Gasteiger partial charge in [0.2, 0.25) is 5.91 Å². The first-order valence-corrected chi connectivity index (χ1v) is 14.2. The molecule has 1 fully saturated rings. The van der Waals surface area contributed by atoms with Gasteiger partial charge < -0.3 is 24.8 Å². The zero-order valence-electron chi connectivity index (χ0n) is 23.4. The molecule has 1 aliphatic carbocycles. The lowest BCUT2D eigenvalue weighted by Gasteiger charge is -2.37. The number of amides is 2. The number of carbonyl (C=O) groups excluding carboxylic acids is 2. The molecule has 1 aliphatic heterocycles. The van der Waals surface area contributed by atoms with E-state index in [9.17, 15) is 19.5 Å². The minimum atomic E-state index is -1.31. The third-order valence-corrected chi connectivity index (χ3v) is 8.45. The van der Waals surface area contributed by atoms with E-state index < -0.39 is 35.7 Å². The molecule has 214 valence electrons. The fourth-order valence-electron chi connectivity index (χ4n) is 6.15. The fourth-order valence-corrected chi connectivity index (χ4v) is 6.15. The molecule has 0 aromatic heterocycles. The van der Waals surface area contributed by atoms with Crippen LogP contribution in [0.4, 0.5) is 4.79 Å². The van der Waals surface area contributed by atoms with Crippen molar-refractivity contribution in [1.29, 1.82) is 0 Å². The van der Waals surface area contributed by atoms with Gasteiger partial charge in [0.05, 0.1) is 12.7 Å². The molecule has 1 saturated heterocycles. The van der Waals surface area contributed by atoms with Gasteiger partial charge in [0.15, 0.2) is 0 Å². The summed E-state index contributed by atoms with van der Waals surface area (Å²) in [7, 11) is 0. The van der Waals surface area contributed by atoms with Crippen molar-refractivity contribution >= 4 is 18.0 Å². The molecule has 2 N–H and O–H groups in total. The molecule has 3 aromatic carbocycles. The van der Waals surface area contributed by atoms with E-state index in [2.05, 4.69) is 17.4 Å². The van der Waals surface area contributed by atoms with Gasteiger partial charge in [0, 0.05) is 12.5 Å². The van der Waals surface area contributed by atoms with Crippen LogP contribution in [0.15, 0.2) is 78.9 Å². The summed E-state index contributed by atoms with van der Waals surface area (Å²) in [6.45, 7) is 4.10. The average Bonchev–Trinajstić information content (AvgIpc) is 3.58. The molecule has 3 unspecified atom stereocenters. The third-order valence-electron chi connectivity index (χ3n) is 8.45. The highest BCUT2D eigenvalue weighted by Crippen LogP contribution is 2.44. The van der Waals surface area contributed by atoms with Gasteiger partial charge in [-0.1, -0.05) is 85.8 Å². The van der Waals surface area contributed by atoms with Crippen LogP contribution in [-0.2, 0) is 25.7 Å². The number of likely N-dealkylation sites (tertiary alicyclic amines) is 1. The molecule has 8 nitrogen and oxygen atoms in total. The molecule has 0 radical (unpaired) electrons. The second-order valence-electron chi connectivity index (χ2n) is 10.7. The summed E-state index contributed by atoms with van der Waals surface area (Å²) < 4.78 is 11.8. The van der Waals surface area contributed by atoms with Gasteiger partial charge in [0.25, 0.3) is 0 Å². The zero-order chi connectivity index (χ0) is 29.0. The number of benzene rings is 3. The van der Waals surface area contributed by atoms with Crippen LogP contribution >= 0.6 is 0 Å². The van der Waals surface area contributed by atoms with Gasteiger partial charge in [0.1, 0.15) is 18.2 Å². The minimum Gasteiger partial charge on any atom is -0.479 e. The number of nitrogens with zero attached hydrogens (tertiary/aromatic N) is 1. The Kier molecular flexibility index (Phi) is 8.40. The van der Waals surface area contributed by atoms with Crippen LogP contribution in [-0.4, -0.2) is 58.8 Å². The summed E-state index contributed by atoms with van der Waals surface area (Å²) in [5, 5.41) is 12.8. The van der Waals surface area contributed by atoms with Crippen LogP contribution in [0.2, 0.25) is 0 Å². The summed E-state index contributed by atoms with van der Waals surface area (Å²) in [5.74, 6) is -1.66. The molecule has 3 atom stereocenters. The normalized spacial score (nSPS) is 19.2. The van der Waals surface area contributed by atoms with Gasteiger partial charge in [-0.25, -0.2) is 9.59 Å². The van der Waals surface area contributed by atoms with Gasteiger partial charge in [-0.05, 0) is 54.0 Å². The van der Waals surface area contributed by atoms with E-state index in [4.69, 9.17) is 9.47 Å². The van der Waals surface area contributed by atoms with Crippen molar-refractivity contribution in [3.8, 4) is 11.1 Å². The van der Waals surface area contributed by atoms with Crippen LogP contribution in [0.5, 0.6) is 0 Å². The number of fused-ring (bicyclic) bond motifs is 3. The number of ether oxygens (including phenoxy) is 2. The first-order valence-electron chi connectivity index (χ1n) is 14.2. The predicted octanol–water partition coefficient (Wildman–Crippen LogP) is 5.35. The molecule has 2 amide bonds. The lowest BCUT2D eigenvalue weighted by molar-refractivity contribution is -0.159. The van der Waals surface area contributed by atoms with Crippen molar-refractivity contribution in [1.82, 2.24) is 10.2 Å². The van der Waals surface area contributed by atoms with Crippen LogP contribution in [0.3, 0.4) is 0 Å². The maximum absolute atomic E-state index is 13.9. The molecule has 3 aromatic rings. The summed E-state index contributed by atoms with van der Waals surface area (Å²) in [6.07, 6.45) is -0.293. The van der Waals surface area contributed by atoms with Gasteiger partial charge in [-0.15, -0.1) is 0 Å². The number of alkyl carbamates (subject to hydrolysis) is 1. The van der Waals surface area contributed by atoms with Crippen LogP contribution in [0.1, 0.15) is 55.7 Å². The number of hydrogen-bond acceptors (Lipinski definition) is 5. The summed E-state index contributed by atoms with van der Waals surface area (Å²) in [5.41, 5.74) is 4.01. The van der Waals surface area contributed by atoms with Crippen LogP contribution in [0, 0.1) is 0 Å². The number of hydrogen-bond donors (Lipinski definition) is 2. The average molecular weight is 557 g/mol. The molecule has 0 saturated carbocycles. The van der Waals surface area contributed by atoms with E-state index >= 15 is 0 Å². The number of aliphatic carboxylic acids is 1. The third kappa shape index (κ3) is 5.57. The van der Waals surface area contributed by atoms with Gasteiger partial charge in [-0.3, -0.25) is 4.79 Å². The van der Waals surface area contributed by atoms with Crippen molar-refractivity contribution in [3.05, 3.63) is 95.6 Å². The predicted molar refractivity (Wildman–Crippen MR) is 154 cm³/mol. The molecule has 0 bridgehead atoms. The molecular formula is C33H36N2O6. The summed E-state index contributed by atoms with van der Waals surface area (Å²) >= 11 is 0. The Balaban J connectivity index is 1.33. The largest absolute Gasteiger partial charge is 0.479 e. The first-order chi connectivity index (χ1) is 19.9. The Morgan fingerprint density at radius 2 is 1.59 bits per heavy atom. The maximum Gasteiger partial charge on any atom is 0.407 e. The van der Waals surface area contributed by atoms with E-state index in [1.165, 1.54) is 4.90 Å². The molecular weight excluding hydrogens is 520 g/mol. The molecule has 2 aliphatic rings. The van der Waals surface area contributed by atoms with Crippen LogP contribution < -0.4 is 5.32 Å². The zero-order valence-corrected chi connectivity index (χ0v) is 23.4. The van der Waals surface area contributed by atoms with Gasteiger partial charge in [-0.2, -0.15) is 0 Å². The molecule has 0 spiro atoms. The number of nitrogens with one attached hydrogen (secondary N) is 1. The maximum atomic E-state index is 13.9. The van der Waals surface area contributed by atoms with E-state index in [1.54, 1.807) is 13.8 Å². The highest BCUT2D eigenvalue weighted by Gasteiger charge is 2.50. The van der Waals surface area contributed by atoms with E-state index in [-0.39, 0.29) is 25.6 Å². The van der Waals surface area contributed by atoms with E-state index in [1.807, 2.05) is 66.7 Å². The second kappa shape index (κ2) is 12.1. The Hall–Kier alpha value is -4.17. The number of carboxylic acid groups (broad SMARTS) is 1. The lowest BCUT2D eigenvalue weighted by Crippen LogP contribution is -2.61. The molecule has 41 heavy (non-hydrogen) atoms. The van der Waals surface area contributed by atoms with E-state index in [0.29, 0.717) is 19.4 Å². The SMILES string of the molecule is CCC1(C(=O)O)CCCN1C(=O)C(NC(=O)OCC1c2ccccc2-c2ccccc21)C(C)OCc1ccccc1. The van der Waals surface area contributed by atoms with Gasteiger partial charge >= 0.3 is 12.1 Å². The Labute approximate surface area is 240 Å². The molecule has 1 heterocycles. The molecule has 5 rings (SSSR count). The highest BCUT2D eigenvalue weighted by atomic mass is 16.5. The van der Waals surface area contributed by atoms with E-state index in [0.717, 1.165) is 27.8 Å². The monoisotopic (exact) mass is 556 g/mol. The second-order valence-corrected chi connectivity index (χ2v) is 10.7. The van der Waals surface area contributed by atoms with Crippen molar-refractivity contribution in [3.63, 3.8) is 0 Å². The van der Waals surface area contributed by atoms with Crippen molar-refractivity contribution in [2.75, 3.05) is 13.2 Å². The number of carbonyl (C=O) groups is 3. The number of rotatable bonds is 10. The summed E-state index contributed by atoms with van der Waals surface area (Å²) in [6, 6.07) is 24.5. The Morgan fingerprint density at radius 1 is 0.976 bits per heavy atom. The number of carboxylic acids is 1. The molecule has 8 heteroatoms. The quantitative estimate of drug-likeness (QED) is 0.349. The smallest absolute Gasteiger partial charge is 0.407 e.